The van der Waals surface area contributed by atoms with Crippen molar-refractivity contribution in [3.8, 4) is 0 Å². The number of hydrogen-bond donors (Lipinski definition) is 0. The number of rotatable bonds is 4. The van der Waals surface area contributed by atoms with Crippen molar-refractivity contribution < 1.29 is 18.5 Å². The second-order valence-electron chi connectivity index (χ2n) is 5.21. The number of halogens is 2. The number of carbonyl (C=O) groups is 1. The Morgan fingerprint density at radius 2 is 1.81 bits per heavy atom. The highest BCUT2D eigenvalue weighted by Crippen LogP contribution is 2.35. The lowest BCUT2D eigenvalue weighted by molar-refractivity contribution is -0.384. The summed E-state index contributed by atoms with van der Waals surface area (Å²) in [6, 6.07) is 6.01. The number of nitro groups is 1. The maximum Gasteiger partial charge on any atom is 0.307 e. The van der Waals surface area contributed by atoms with Crippen molar-refractivity contribution in [2.45, 2.75) is 25.7 Å². The molecule has 1 aliphatic rings. The Morgan fingerprint density at radius 3 is 2.24 bits per heavy atom. The van der Waals surface area contributed by atoms with E-state index in [1.165, 1.54) is 12.1 Å². The molecule has 0 saturated carbocycles. The topological polar surface area (TPSA) is 63.5 Å². The minimum Gasteiger partial charge on any atom is -0.372 e. The van der Waals surface area contributed by atoms with Gasteiger partial charge in [-0.3, -0.25) is 14.9 Å². The van der Waals surface area contributed by atoms with Gasteiger partial charge in [-0.2, -0.15) is 8.78 Å². The van der Waals surface area contributed by atoms with Crippen LogP contribution in [0.4, 0.5) is 20.2 Å². The number of hydrogen-bond acceptors (Lipinski definition) is 4. The lowest BCUT2D eigenvalue weighted by Crippen LogP contribution is -2.44. The van der Waals surface area contributed by atoms with E-state index in [1.807, 2.05) is 4.90 Å². The van der Waals surface area contributed by atoms with Crippen molar-refractivity contribution in [1.29, 1.82) is 0 Å². The Bertz CT molecular complexity index is 538. The average molecular weight is 298 g/mol. The minimum atomic E-state index is -3.26. The van der Waals surface area contributed by atoms with Gasteiger partial charge in [0.15, 0.2) is 5.78 Å². The Balaban J connectivity index is 2.01. The fourth-order valence-corrected chi connectivity index (χ4v) is 2.57. The van der Waals surface area contributed by atoms with Crippen LogP contribution in [-0.4, -0.2) is 29.7 Å². The molecule has 0 radical (unpaired) electrons. The third-order valence-corrected chi connectivity index (χ3v) is 3.90. The first kappa shape index (κ1) is 15.3. The van der Waals surface area contributed by atoms with Gasteiger partial charge < -0.3 is 4.90 Å². The summed E-state index contributed by atoms with van der Waals surface area (Å²) >= 11 is 0. The third-order valence-electron chi connectivity index (χ3n) is 3.90. The van der Waals surface area contributed by atoms with E-state index in [1.54, 1.807) is 12.1 Å². The van der Waals surface area contributed by atoms with E-state index in [9.17, 15) is 23.7 Å². The van der Waals surface area contributed by atoms with Crippen LogP contribution in [0, 0.1) is 16.0 Å². The first-order valence-corrected chi connectivity index (χ1v) is 6.70. The number of nitro benzene ring substituents is 1. The number of benzene rings is 1. The fourth-order valence-electron chi connectivity index (χ4n) is 2.57. The summed E-state index contributed by atoms with van der Waals surface area (Å²) in [5.41, 5.74) is 0.766. The van der Waals surface area contributed by atoms with Crippen molar-refractivity contribution in [2.24, 2.45) is 5.92 Å². The molecule has 0 spiro atoms. The lowest BCUT2D eigenvalue weighted by atomic mass is 9.88. The molecule has 1 aromatic carbocycles. The Hall–Kier alpha value is -2.05. The summed E-state index contributed by atoms with van der Waals surface area (Å²) in [7, 11) is 0. The number of carbonyl (C=O) groups excluding carboxylic acids is 1. The van der Waals surface area contributed by atoms with Crippen LogP contribution >= 0.6 is 0 Å². The normalized spacial score (nSPS) is 16.8. The van der Waals surface area contributed by atoms with Gasteiger partial charge in [-0.1, -0.05) is 0 Å². The summed E-state index contributed by atoms with van der Waals surface area (Å²) in [5, 5.41) is 10.6. The summed E-state index contributed by atoms with van der Waals surface area (Å²) < 4.78 is 27.3. The maximum absolute atomic E-state index is 13.7. The summed E-state index contributed by atoms with van der Waals surface area (Å²) in [6.07, 6.45) is 0.452. The number of Topliss-reactive ketones (excluding diaryl/α,β-unsaturated/α-hetero) is 1. The van der Waals surface area contributed by atoms with Crippen LogP contribution < -0.4 is 4.90 Å². The molecule has 1 saturated heterocycles. The zero-order chi connectivity index (χ0) is 15.6. The quantitative estimate of drug-likeness (QED) is 0.633. The molecule has 114 valence electrons. The van der Waals surface area contributed by atoms with Gasteiger partial charge in [0.1, 0.15) is 0 Å². The predicted octanol–water partition coefficient (Wildman–Crippen LogP) is 3.04. The maximum atomic E-state index is 13.7. The van der Waals surface area contributed by atoms with Crippen molar-refractivity contribution in [2.75, 3.05) is 18.0 Å². The zero-order valence-corrected chi connectivity index (χ0v) is 11.6. The van der Waals surface area contributed by atoms with E-state index in [2.05, 4.69) is 0 Å². The van der Waals surface area contributed by atoms with Gasteiger partial charge in [0.05, 0.1) is 4.92 Å². The molecule has 0 unspecified atom stereocenters. The fraction of sp³-hybridized carbons (Fsp3) is 0.500. The number of alkyl halides is 2. The van der Waals surface area contributed by atoms with Gasteiger partial charge in [-0.15, -0.1) is 0 Å². The minimum absolute atomic E-state index is 0.00301. The van der Waals surface area contributed by atoms with Crippen LogP contribution in [0.3, 0.4) is 0 Å². The number of anilines is 1. The lowest BCUT2D eigenvalue weighted by Gasteiger charge is -2.36. The summed E-state index contributed by atoms with van der Waals surface area (Å²) in [6.45, 7) is 1.74. The molecule has 0 bridgehead atoms. The van der Waals surface area contributed by atoms with E-state index < -0.39 is 22.5 Å². The van der Waals surface area contributed by atoms with Gasteiger partial charge in [0, 0.05) is 43.8 Å². The molecule has 1 heterocycles. The highest BCUT2D eigenvalue weighted by Gasteiger charge is 2.45. The Labute approximate surface area is 120 Å². The highest BCUT2D eigenvalue weighted by molar-refractivity contribution is 5.83. The molecule has 1 fully saturated rings. The molecule has 7 heteroatoms. The summed E-state index contributed by atoms with van der Waals surface area (Å²) in [4.78, 5) is 23.0. The van der Waals surface area contributed by atoms with Crippen molar-refractivity contribution in [3.05, 3.63) is 34.4 Å². The van der Waals surface area contributed by atoms with E-state index in [0.29, 0.717) is 13.1 Å². The van der Waals surface area contributed by atoms with Gasteiger partial charge in [0.2, 0.25) is 0 Å². The number of non-ortho nitro benzene ring substituents is 1. The van der Waals surface area contributed by atoms with Crippen molar-refractivity contribution in [3.63, 3.8) is 0 Å². The van der Waals surface area contributed by atoms with Gasteiger partial charge in [-0.05, 0) is 25.0 Å². The van der Waals surface area contributed by atoms with Crippen molar-refractivity contribution in [1.82, 2.24) is 0 Å². The molecule has 0 aromatic heterocycles. The average Bonchev–Trinajstić information content (AvgIpc) is 2.47. The molecular weight excluding hydrogens is 282 g/mol. The van der Waals surface area contributed by atoms with Crippen LogP contribution in [0.25, 0.3) is 0 Å². The van der Waals surface area contributed by atoms with Crippen LogP contribution in [0.5, 0.6) is 0 Å². The largest absolute Gasteiger partial charge is 0.372 e. The van der Waals surface area contributed by atoms with Gasteiger partial charge in [0.25, 0.3) is 5.69 Å². The highest BCUT2D eigenvalue weighted by atomic mass is 19.3. The van der Waals surface area contributed by atoms with Gasteiger partial charge >= 0.3 is 5.92 Å². The molecular formula is C14H16F2N2O3. The standard InChI is InChI=1S/C14H16F2N2O3/c1-10(19)14(15,16)11-6-8-17(9-7-11)12-2-4-13(5-3-12)18(20)21/h2-5,11H,6-9H2,1H3. The Kier molecular flexibility index (Phi) is 4.20. The van der Waals surface area contributed by atoms with Crippen LogP contribution in [0.1, 0.15) is 19.8 Å². The second kappa shape index (κ2) is 5.75. The second-order valence-corrected chi connectivity index (χ2v) is 5.21. The van der Waals surface area contributed by atoms with Gasteiger partial charge in [-0.25, -0.2) is 0 Å². The molecule has 5 nitrogen and oxygen atoms in total. The van der Waals surface area contributed by atoms with Crippen LogP contribution in [0.15, 0.2) is 24.3 Å². The molecule has 1 aliphatic heterocycles. The SMILES string of the molecule is CC(=O)C(F)(F)C1CCN(c2ccc([N+](=O)[O-])cc2)CC1. The van der Waals surface area contributed by atoms with Crippen LogP contribution in [-0.2, 0) is 4.79 Å². The van der Waals surface area contributed by atoms with E-state index in [-0.39, 0.29) is 18.5 Å². The molecule has 1 aromatic rings. The monoisotopic (exact) mass is 298 g/mol. The molecule has 0 amide bonds. The molecule has 0 aliphatic carbocycles. The number of ketones is 1. The van der Waals surface area contributed by atoms with E-state index in [4.69, 9.17) is 0 Å². The molecule has 21 heavy (non-hydrogen) atoms. The summed E-state index contributed by atoms with van der Waals surface area (Å²) in [5.74, 6) is -5.28. The molecule has 2 rings (SSSR count). The molecule has 0 N–H and O–H groups in total. The first-order chi connectivity index (χ1) is 9.82. The molecule has 0 atom stereocenters. The smallest absolute Gasteiger partial charge is 0.307 e. The van der Waals surface area contributed by atoms with E-state index in [0.717, 1.165) is 12.6 Å². The predicted molar refractivity (Wildman–Crippen MR) is 73.7 cm³/mol. The number of nitrogens with zero attached hydrogens (tertiary/aromatic N) is 2. The van der Waals surface area contributed by atoms with Crippen LogP contribution in [0.2, 0.25) is 0 Å². The zero-order valence-electron chi connectivity index (χ0n) is 11.6. The first-order valence-electron chi connectivity index (χ1n) is 6.70. The van der Waals surface area contributed by atoms with E-state index >= 15 is 0 Å². The third kappa shape index (κ3) is 3.17. The Morgan fingerprint density at radius 1 is 1.29 bits per heavy atom. The van der Waals surface area contributed by atoms with Crippen molar-refractivity contribution >= 4 is 17.2 Å². The number of piperidine rings is 1.